The summed E-state index contributed by atoms with van der Waals surface area (Å²) in [5.74, 6) is -1.01. The summed E-state index contributed by atoms with van der Waals surface area (Å²) >= 11 is 0. The zero-order valence-electron chi connectivity index (χ0n) is 13.4. The maximum atomic E-state index is 12.5. The Bertz CT molecular complexity index is 505. The molecule has 0 aromatic carbocycles. The summed E-state index contributed by atoms with van der Waals surface area (Å²) in [6, 6.07) is 0. The standard InChI is InChI=1S/C14H25NO5S/c1-10(2)21(18,19)11(3)12(16)15(4)14(13(17)20-5)8-6-7-9-14/h10-11H,6-9H2,1-5H3/t11-/m1/s1. The molecule has 1 rings (SSSR count). The van der Waals surface area contributed by atoms with Gasteiger partial charge in [-0.1, -0.05) is 12.8 Å². The van der Waals surface area contributed by atoms with Gasteiger partial charge in [-0.15, -0.1) is 0 Å². The highest BCUT2D eigenvalue weighted by molar-refractivity contribution is 7.93. The van der Waals surface area contributed by atoms with Gasteiger partial charge in [0, 0.05) is 7.05 Å². The van der Waals surface area contributed by atoms with Crippen LogP contribution in [0.3, 0.4) is 0 Å². The Morgan fingerprint density at radius 2 is 1.62 bits per heavy atom. The van der Waals surface area contributed by atoms with Crippen LogP contribution in [-0.4, -0.2) is 55.4 Å². The van der Waals surface area contributed by atoms with E-state index in [1.807, 2.05) is 0 Å². The smallest absolute Gasteiger partial charge is 0.331 e. The Kier molecular flexibility index (Phi) is 5.41. The van der Waals surface area contributed by atoms with E-state index in [4.69, 9.17) is 4.74 Å². The number of methoxy groups -OCH3 is 1. The highest BCUT2D eigenvalue weighted by Crippen LogP contribution is 2.36. The average Bonchev–Trinajstić information content (AvgIpc) is 2.94. The second-order valence-electron chi connectivity index (χ2n) is 5.91. The predicted octanol–water partition coefficient (Wildman–Crippen LogP) is 1.14. The predicted molar refractivity (Wildman–Crippen MR) is 79.5 cm³/mol. The normalized spacial score (nSPS) is 19.3. The lowest BCUT2D eigenvalue weighted by molar-refractivity contribution is -0.160. The first kappa shape index (κ1) is 17.9. The van der Waals surface area contributed by atoms with Gasteiger partial charge in [0.15, 0.2) is 9.84 Å². The number of esters is 1. The third kappa shape index (κ3) is 3.07. The fourth-order valence-electron chi connectivity index (χ4n) is 2.86. The van der Waals surface area contributed by atoms with E-state index in [0.717, 1.165) is 12.8 Å². The van der Waals surface area contributed by atoms with Crippen molar-refractivity contribution in [3.63, 3.8) is 0 Å². The maximum absolute atomic E-state index is 12.5. The highest BCUT2D eigenvalue weighted by Gasteiger charge is 2.49. The molecule has 1 fully saturated rings. The van der Waals surface area contributed by atoms with Crippen LogP contribution in [0.15, 0.2) is 0 Å². The van der Waals surface area contributed by atoms with E-state index >= 15 is 0 Å². The second kappa shape index (κ2) is 6.34. The molecule has 1 atom stereocenters. The van der Waals surface area contributed by atoms with Crippen molar-refractivity contribution in [3.8, 4) is 0 Å². The number of sulfone groups is 1. The molecule has 7 heteroatoms. The van der Waals surface area contributed by atoms with Crippen molar-refractivity contribution in [3.05, 3.63) is 0 Å². The molecule has 0 unspecified atom stereocenters. The van der Waals surface area contributed by atoms with Gasteiger partial charge in [0.1, 0.15) is 10.8 Å². The number of likely N-dealkylation sites (N-methyl/N-ethyl adjacent to an activating group) is 1. The Morgan fingerprint density at radius 1 is 1.14 bits per heavy atom. The van der Waals surface area contributed by atoms with Gasteiger partial charge in [0.2, 0.25) is 5.91 Å². The number of amides is 1. The Morgan fingerprint density at radius 3 is 2.00 bits per heavy atom. The molecule has 122 valence electrons. The fourth-order valence-corrected chi connectivity index (χ4v) is 4.11. The zero-order valence-corrected chi connectivity index (χ0v) is 14.2. The molecule has 6 nitrogen and oxygen atoms in total. The largest absolute Gasteiger partial charge is 0.467 e. The Hall–Kier alpha value is -1.11. The summed E-state index contributed by atoms with van der Waals surface area (Å²) in [5.41, 5.74) is -1.02. The van der Waals surface area contributed by atoms with Crippen LogP contribution in [0.4, 0.5) is 0 Å². The second-order valence-corrected chi connectivity index (χ2v) is 8.74. The monoisotopic (exact) mass is 319 g/mol. The molecule has 0 radical (unpaired) electrons. The number of carbonyl (C=O) groups is 2. The quantitative estimate of drug-likeness (QED) is 0.710. The van der Waals surface area contributed by atoms with Gasteiger partial charge < -0.3 is 9.64 Å². The number of rotatable bonds is 5. The van der Waals surface area contributed by atoms with Crippen molar-refractivity contribution in [1.29, 1.82) is 0 Å². The van der Waals surface area contributed by atoms with E-state index in [9.17, 15) is 18.0 Å². The van der Waals surface area contributed by atoms with Crippen LogP contribution in [0.25, 0.3) is 0 Å². The fraction of sp³-hybridized carbons (Fsp3) is 0.857. The molecule has 0 aromatic rings. The van der Waals surface area contributed by atoms with Gasteiger partial charge in [-0.25, -0.2) is 13.2 Å². The van der Waals surface area contributed by atoms with Crippen LogP contribution in [0, 0.1) is 0 Å². The number of nitrogens with zero attached hydrogens (tertiary/aromatic N) is 1. The van der Waals surface area contributed by atoms with Gasteiger partial charge in [0.25, 0.3) is 0 Å². The molecule has 1 aliphatic rings. The first-order chi connectivity index (χ1) is 9.61. The van der Waals surface area contributed by atoms with Crippen molar-refractivity contribution < 1.29 is 22.7 Å². The minimum Gasteiger partial charge on any atom is -0.467 e. The molecule has 0 heterocycles. The van der Waals surface area contributed by atoms with Crippen LogP contribution in [-0.2, 0) is 24.2 Å². The van der Waals surface area contributed by atoms with Crippen LogP contribution in [0.1, 0.15) is 46.5 Å². The molecule has 0 aliphatic heterocycles. The van der Waals surface area contributed by atoms with E-state index < -0.39 is 37.8 Å². The van der Waals surface area contributed by atoms with Crippen molar-refractivity contribution in [2.45, 2.75) is 62.5 Å². The van der Waals surface area contributed by atoms with Crippen molar-refractivity contribution in [2.24, 2.45) is 0 Å². The van der Waals surface area contributed by atoms with Gasteiger partial charge in [0.05, 0.1) is 12.4 Å². The average molecular weight is 319 g/mol. The molecule has 0 spiro atoms. The Balaban J connectivity index is 3.08. The first-order valence-corrected chi connectivity index (χ1v) is 8.81. The number of hydrogen-bond acceptors (Lipinski definition) is 5. The third-order valence-corrected chi connectivity index (χ3v) is 6.97. The first-order valence-electron chi connectivity index (χ1n) is 7.20. The zero-order chi connectivity index (χ0) is 16.4. The molecule has 0 N–H and O–H groups in total. The molecule has 0 aromatic heterocycles. The van der Waals surface area contributed by atoms with Crippen LogP contribution in [0.5, 0.6) is 0 Å². The van der Waals surface area contributed by atoms with Crippen molar-refractivity contribution >= 4 is 21.7 Å². The molecule has 1 aliphatic carbocycles. The minimum atomic E-state index is -3.55. The molecule has 0 saturated heterocycles. The lowest BCUT2D eigenvalue weighted by Crippen LogP contribution is -2.57. The molecule has 21 heavy (non-hydrogen) atoms. The summed E-state index contributed by atoms with van der Waals surface area (Å²) in [5, 5.41) is -1.80. The lowest BCUT2D eigenvalue weighted by atomic mass is 9.95. The summed E-state index contributed by atoms with van der Waals surface area (Å²) in [4.78, 5) is 26.0. The lowest BCUT2D eigenvalue weighted by Gasteiger charge is -2.37. The number of carbonyl (C=O) groups excluding carboxylic acids is 2. The number of hydrogen-bond donors (Lipinski definition) is 0. The van der Waals surface area contributed by atoms with Crippen LogP contribution in [0.2, 0.25) is 0 Å². The Labute approximate surface area is 126 Å². The highest BCUT2D eigenvalue weighted by atomic mass is 32.2. The third-order valence-electron chi connectivity index (χ3n) is 4.47. The van der Waals surface area contributed by atoms with E-state index in [2.05, 4.69) is 0 Å². The molecular formula is C14H25NO5S. The minimum absolute atomic E-state index is 0.468. The van der Waals surface area contributed by atoms with E-state index in [1.54, 1.807) is 13.8 Å². The van der Waals surface area contributed by atoms with Crippen molar-refractivity contribution in [1.82, 2.24) is 4.90 Å². The van der Waals surface area contributed by atoms with Crippen molar-refractivity contribution in [2.75, 3.05) is 14.2 Å². The SMILES string of the molecule is COC(=O)C1(N(C)C(=O)[C@@H](C)S(=O)(=O)C(C)C)CCCC1. The van der Waals surface area contributed by atoms with E-state index in [1.165, 1.54) is 26.0 Å². The van der Waals surface area contributed by atoms with Gasteiger partial charge >= 0.3 is 5.97 Å². The molecular weight excluding hydrogens is 294 g/mol. The van der Waals surface area contributed by atoms with E-state index in [0.29, 0.717) is 12.8 Å². The molecule has 1 amide bonds. The van der Waals surface area contributed by atoms with E-state index in [-0.39, 0.29) is 0 Å². The maximum Gasteiger partial charge on any atom is 0.331 e. The summed E-state index contributed by atoms with van der Waals surface area (Å²) in [6.07, 6.45) is 2.66. The van der Waals surface area contributed by atoms with Gasteiger partial charge in [-0.05, 0) is 33.6 Å². The van der Waals surface area contributed by atoms with Gasteiger partial charge in [-0.2, -0.15) is 0 Å². The van der Waals surface area contributed by atoms with Gasteiger partial charge in [-0.3, -0.25) is 4.79 Å². The molecule has 0 bridgehead atoms. The van der Waals surface area contributed by atoms with Crippen LogP contribution >= 0.6 is 0 Å². The topological polar surface area (TPSA) is 80.8 Å². The summed E-state index contributed by atoms with van der Waals surface area (Å²) in [6.45, 7) is 4.48. The summed E-state index contributed by atoms with van der Waals surface area (Å²) in [7, 11) is -0.770. The summed E-state index contributed by atoms with van der Waals surface area (Å²) < 4.78 is 29.2. The van der Waals surface area contributed by atoms with Crippen LogP contribution < -0.4 is 0 Å². The molecule has 1 saturated carbocycles. The number of ether oxygens (including phenoxy) is 1.